The topological polar surface area (TPSA) is 76.0 Å². The minimum Gasteiger partial charge on any atom is -0.426 e. The summed E-state index contributed by atoms with van der Waals surface area (Å²) in [5.41, 5.74) is 1.31. The van der Waals surface area contributed by atoms with E-state index < -0.39 is 13.1 Å². The molecule has 2 aliphatic rings. The van der Waals surface area contributed by atoms with Crippen LogP contribution in [0.5, 0.6) is 0 Å². The summed E-state index contributed by atoms with van der Waals surface area (Å²) in [6, 6.07) is 10.4. The maximum Gasteiger partial charge on any atom is 0.475 e. The Balaban J connectivity index is 0.00000182. The lowest BCUT2D eigenvalue weighted by Gasteiger charge is -2.28. The molecule has 0 spiro atoms. The molecule has 27 heavy (non-hydrogen) atoms. The van der Waals surface area contributed by atoms with Crippen LogP contribution in [0.2, 0.25) is 0 Å². The lowest BCUT2D eigenvalue weighted by atomic mass is 9.78. The van der Waals surface area contributed by atoms with Gasteiger partial charge < -0.3 is 20.3 Å². The summed E-state index contributed by atoms with van der Waals surface area (Å²) in [4.78, 5) is 16.7. The summed E-state index contributed by atoms with van der Waals surface area (Å²) in [6.07, 6.45) is 2.51. The van der Waals surface area contributed by atoms with Crippen molar-refractivity contribution in [1.82, 2.24) is 15.1 Å². The minimum atomic E-state index is -1.45. The molecule has 152 valence electrons. The first-order valence-corrected chi connectivity index (χ1v) is 9.23. The van der Waals surface area contributed by atoms with E-state index in [0.29, 0.717) is 19.0 Å². The van der Waals surface area contributed by atoms with Crippen LogP contribution in [0.25, 0.3) is 0 Å². The molecule has 1 aromatic rings. The van der Waals surface area contributed by atoms with Crippen molar-refractivity contribution in [2.24, 2.45) is 0 Å². The molecule has 0 saturated carbocycles. The molecular weight excluding hydrogens is 388 g/mol. The fourth-order valence-electron chi connectivity index (χ4n) is 4.00. The average molecular weight is 418 g/mol. The van der Waals surface area contributed by atoms with E-state index >= 15 is 0 Å². The van der Waals surface area contributed by atoms with Crippen LogP contribution < -0.4 is 5.32 Å². The quantitative estimate of drug-likeness (QED) is 0.604. The number of carbonyl (C=O) groups excluding carboxylic acids is 1. The highest BCUT2D eigenvalue weighted by molar-refractivity contribution is 6.43. The molecule has 0 aliphatic carbocycles. The Bertz CT molecular complexity index is 582. The molecule has 2 aliphatic heterocycles. The van der Waals surface area contributed by atoms with E-state index in [-0.39, 0.29) is 36.8 Å². The molecule has 1 unspecified atom stereocenters. The average Bonchev–Trinajstić information content (AvgIpc) is 3.24. The van der Waals surface area contributed by atoms with Gasteiger partial charge in [-0.05, 0) is 31.7 Å². The molecule has 9 heteroatoms. The Labute approximate surface area is 174 Å². The number of hydrogen-bond acceptors (Lipinski definition) is 5. The van der Waals surface area contributed by atoms with Crippen LogP contribution in [-0.2, 0) is 11.3 Å². The van der Waals surface area contributed by atoms with Gasteiger partial charge in [-0.3, -0.25) is 9.69 Å². The fraction of sp³-hybridized carbons (Fsp3) is 0.611. The van der Waals surface area contributed by atoms with Crippen LogP contribution in [0, 0.1) is 0 Å². The van der Waals surface area contributed by atoms with Crippen molar-refractivity contribution >= 4 is 37.8 Å². The predicted molar refractivity (Wildman–Crippen MR) is 112 cm³/mol. The number of halogens is 2. The van der Waals surface area contributed by atoms with Gasteiger partial charge in [-0.15, -0.1) is 24.8 Å². The number of nitrogens with zero attached hydrogens (tertiary/aromatic N) is 2. The van der Waals surface area contributed by atoms with Crippen LogP contribution in [0.1, 0.15) is 31.7 Å². The first-order valence-electron chi connectivity index (χ1n) is 9.23. The minimum absolute atomic E-state index is 0. The summed E-state index contributed by atoms with van der Waals surface area (Å²) >= 11 is 0. The molecule has 3 rings (SSSR count). The zero-order chi connectivity index (χ0) is 17.8. The summed E-state index contributed by atoms with van der Waals surface area (Å²) in [7, 11) is -1.45. The second kappa shape index (κ2) is 11.2. The van der Waals surface area contributed by atoms with E-state index in [1.165, 1.54) is 5.56 Å². The van der Waals surface area contributed by atoms with Gasteiger partial charge >= 0.3 is 7.12 Å². The van der Waals surface area contributed by atoms with Crippen LogP contribution in [0.15, 0.2) is 30.3 Å². The number of amides is 1. The maximum atomic E-state index is 12.6. The van der Waals surface area contributed by atoms with E-state index in [0.717, 1.165) is 32.5 Å². The van der Waals surface area contributed by atoms with E-state index in [1.54, 1.807) is 4.90 Å². The highest BCUT2D eigenvalue weighted by atomic mass is 35.5. The van der Waals surface area contributed by atoms with Crippen molar-refractivity contribution in [1.29, 1.82) is 0 Å². The summed E-state index contributed by atoms with van der Waals surface area (Å²) < 4.78 is 0. The summed E-state index contributed by atoms with van der Waals surface area (Å²) in [6.45, 7) is 5.37. The van der Waals surface area contributed by atoms with Gasteiger partial charge in [0.1, 0.15) is 0 Å². The molecule has 3 N–H and O–H groups in total. The van der Waals surface area contributed by atoms with E-state index in [2.05, 4.69) is 34.5 Å². The van der Waals surface area contributed by atoms with Crippen molar-refractivity contribution in [2.75, 3.05) is 19.6 Å². The van der Waals surface area contributed by atoms with Crippen LogP contribution in [-0.4, -0.2) is 70.5 Å². The summed E-state index contributed by atoms with van der Waals surface area (Å²) in [5, 5.41) is 22.3. The molecule has 6 nitrogen and oxygen atoms in total. The number of benzene rings is 1. The molecular formula is C18H30BCl2N3O3. The van der Waals surface area contributed by atoms with Gasteiger partial charge in [0.05, 0.1) is 12.0 Å². The standard InChI is InChI=1S/C18H28BN3O3.2ClH/c1-14(18(23)22-10-5-8-17(22)19(24)25)20-16-9-11-21(13-16)12-15-6-3-2-4-7-15;;/h2-4,6-7,14,16-17,20,24-25H,5,8-13H2,1H3;2*1H/t14-,16?,17-;;/m0../s1. The zero-order valence-electron chi connectivity index (χ0n) is 15.7. The highest BCUT2D eigenvalue weighted by Gasteiger charge is 2.38. The van der Waals surface area contributed by atoms with Crippen molar-refractivity contribution in [3.05, 3.63) is 35.9 Å². The second-order valence-electron chi connectivity index (χ2n) is 7.25. The van der Waals surface area contributed by atoms with Crippen molar-refractivity contribution in [2.45, 2.75) is 50.8 Å². The molecule has 0 bridgehead atoms. The van der Waals surface area contributed by atoms with Crippen LogP contribution in [0.4, 0.5) is 0 Å². The lowest BCUT2D eigenvalue weighted by molar-refractivity contribution is -0.133. The van der Waals surface area contributed by atoms with E-state index in [1.807, 2.05) is 13.0 Å². The first kappa shape index (κ1) is 24.2. The SMILES string of the molecule is C[C@H](NC1CCN(Cc2ccccc2)C1)C(=O)N1CCC[C@H]1B(O)O.Cl.Cl. The first-order chi connectivity index (χ1) is 12.0. The number of hydrogen-bond donors (Lipinski definition) is 3. The highest BCUT2D eigenvalue weighted by Crippen LogP contribution is 2.20. The van der Waals surface area contributed by atoms with Crippen molar-refractivity contribution in [3.8, 4) is 0 Å². The van der Waals surface area contributed by atoms with E-state index in [4.69, 9.17) is 0 Å². The molecule has 0 radical (unpaired) electrons. The number of rotatable bonds is 6. The lowest BCUT2D eigenvalue weighted by Crippen LogP contribution is -2.53. The van der Waals surface area contributed by atoms with Gasteiger partial charge in [0, 0.05) is 32.2 Å². The van der Waals surface area contributed by atoms with Gasteiger partial charge in [-0.1, -0.05) is 30.3 Å². The van der Waals surface area contributed by atoms with Gasteiger partial charge in [0.2, 0.25) is 5.91 Å². The molecule has 1 aromatic carbocycles. The molecule has 2 heterocycles. The van der Waals surface area contributed by atoms with Gasteiger partial charge in [-0.2, -0.15) is 0 Å². The Morgan fingerprint density at radius 3 is 2.59 bits per heavy atom. The molecule has 2 saturated heterocycles. The largest absolute Gasteiger partial charge is 0.475 e. The third-order valence-corrected chi connectivity index (χ3v) is 5.30. The Morgan fingerprint density at radius 2 is 1.93 bits per heavy atom. The molecule has 3 atom stereocenters. The molecule has 0 aromatic heterocycles. The van der Waals surface area contributed by atoms with Gasteiger partial charge in [0.25, 0.3) is 0 Å². The third kappa shape index (κ3) is 6.34. The predicted octanol–water partition coefficient (Wildman–Crippen LogP) is 1.09. The summed E-state index contributed by atoms with van der Waals surface area (Å²) in [5.74, 6) is -0.494. The fourth-order valence-corrected chi connectivity index (χ4v) is 4.00. The Morgan fingerprint density at radius 1 is 1.22 bits per heavy atom. The third-order valence-electron chi connectivity index (χ3n) is 5.30. The Hall–Kier alpha value is -0.825. The van der Waals surface area contributed by atoms with Crippen molar-refractivity contribution < 1.29 is 14.8 Å². The normalized spacial score (nSPS) is 23.4. The maximum absolute atomic E-state index is 12.6. The molecule has 1 amide bonds. The Kier molecular flexibility index (Phi) is 10.1. The number of carbonyl (C=O) groups is 1. The van der Waals surface area contributed by atoms with E-state index in [9.17, 15) is 14.8 Å². The number of nitrogens with one attached hydrogen (secondary N) is 1. The molecule has 2 fully saturated rings. The van der Waals surface area contributed by atoms with Crippen LogP contribution in [0.3, 0.4) is 0 Å². The van der Waals surface area contributed by atoms with Crippen LogP contribution >= 0.6 is 24.8 Å². The monoisotopic (exact) mass is 417 g/mol. The van der Waals surface area contributed by atoms with Gasteiger partial charge in [0.15, 0.2) is 0 Å². The number of likely N-dealkylation sites (tertiary alicyclic amines) is 2. The smallest absolute Gasteiger partial charge is 0.426 e. The van der Waals surface area contributed by atoms with Gasteiger partial charge in [-0.25, -0.2) is 0 Å². The van der Waals surface area contributed by atoms with Crippen molar-refractivity contribution in [3.63, 3.8) is 0 Å². The zero-order valence-corrected chi connectivity index (χ0v) is 17.3. The second-order valence-corrected chi connectivity index (χ2v) is 7.25.